The second-order valence-corrected chi connectivity index (χ2v) is 7.06. The maximum absolute atomic E-state index is 11.7. The van der Waals surface area contributed by atoms with Gasteiger partial charge in [0.15, 0.2) is 0 Å². The predicted octanol–water partition coefficient (Wildman–Crippen LogP) is 3.27. The monoisotopic (exact) mass is 234 g/mol. The quantitative estimate of drug-likeness (QED) is 0.646. The van der Waals surface area contributed by atoms with E-state index in [4.69, 9.17) is 0 Å². The van der Waals surface area contributed by atoms with Crippen molar-refractivity contribution in [1.29, 1.82) is 0 Å². The van der Waals surface area contributed by atoms with Crippen LogP contribution in [-0.2, 0) is 9.84 Å². The summed E-state index contributed by atoms with van der Waals surface area (Å²) in [5.41, 5.74) is 0. The van der Waals surface area contributed by atoms with Crippen molar-refractivity contribution in [3.8, 4) is 0 Å². The standard InChI is InChI=1S/C12H26O2S/c1-5-11(3)7-9-15(13,14)10-8-12(4)6-2/h11-12H,5-10H2,1-4H3. The van der Waals surface area contributed by atoms with Gasteiger partial charge in [-0.15, -0.1) is 0 Å². The molecular weight excluding hydrogens is 208 g/mol. The van der Waals surface area contributed by atoms with E-state index in [0.717, 1.165) is 25.7 Å². The molecule has 0 aromatic rings. The fourth-order valence-electron chi connectivity index (χ4n) is 1.27. The molecule has 0 saturated carbocycles. The lowest BCUT2D eigenvalue weighted by Gasteiger charge is -2.11. The molecule has 0 heterocycles. The molecule has 0 rings (SSSR count). The van der Waals surface area contributed by atoms with E-state index < -0.39 is 9.84 Å². The Labute approximate surface area is 95.4 Å². The Morgan fingerprint density at radius 3 is 1.47 bits per heavy atom. The average Bonchev–Trinajstić information content (AvgIpc) is 2.22. The summed E-state index contributed by atoms with van der Waals surface area (Å²) in [4.78, 5) is 0. The number of hydrogen-bond acceptors (Lipinski definition) is 2. The van der Waals surface area contributed by atoms with E-state index in [1.807, 2.05) is 0 Å². The fourth-order valence-corrected chi connectivity index (χ4v) is 3.00. The largest absolute Gasteiger partial charge is 0.229 e. The van der Waals surface area contributed by atoms with Crippen molar-refractivity contribution in [3.05, 3.63) is 0 Å². The van der Waals surface area contributed by atoms with Crippen molar-refractivity contribution in [2.24, 2.45) is 11.8 Å². The van der Waals surface area contributed by atoms with E-state index in [-0.39, 0.29) is 0 Å². The molecule has 3 heteroatoms. The first-order chi connectivity index (χ1) is 6.91. The smallest absolute Gasteiger partial charge is 0.150 e. The van der Waals surface area contributed by atoms with E-state index >= 15 is 0 Å². The van der Waals surface area contributed by atoms with Gasteiger partial charge in [0.2, 0.25) is 0 Å². The predicted molar refractivity (Wildman–Crippen MR) is 66.8 cm³/mol. The molecule has 0 N–H and O–H groups in total. The first kappa shape index (κ1) is 14.9. The van der Waals surface area contributed by atoms with Crippen LogP contribution >= 0.6 is 0 Å². The third kappa shape index (κ3) is 7.83. The van der Waals surface area contributed by atoms with Crippen molar-refractivity contribution in [1.82, 2.24) is 0 Å². The second-order valence-electron chi connectivity index (χ2n) is 4.76. The number of sulfone groups is 1. The lowest BCUT2D eigenvalue weighted by molar-refractivity contribution is 0.517. The van der Waals surface area contributed by atoms with Gasteiger partial charge in [0.05, 0.1) is 11.5 Å². The molecule has 15 heavy (non-hydrogen) atoms. The minimum Gasteiger partial charge on any atom is -0.229 e. The SMILES string of the molecule is CCC(C)CCS(=O)(=O)CCC(C)CC. The molecule has 0 aliphatic rings. The van der Waals surface area contributed by atoms with Crippen LogP contribution in [0, 0.1) is 11.8 Å². The summed E-state index contributed by atoms with van der Waals surface area (Å²) in [5, 5.41) is 0. The molecule has 0 spiro atoms. The van der Waals surface area contributed by atoms with Gasteiger partial charge in [0, 0.05) is 0 Å². The van der Waals surface area contributed by atoms with Crippen LogP contribution in [0.15, 0.2) is 0 Å². The molecule has 0 aromatic heterocycles. The van der Waals surface area contributed by atoms with Gasteiger partial charge in [0.25, 0.3) is 0 Å². The first-order valence-corrected chi connectivity index (χ1v) is 7.93. The molecule has 2 atom stereocenters. The van der Waals surface area contributed by atoms with E-state index in [0.29, 0.717) is 23.3 Å². The molecule has 92 valence electrons. The van der Waals surface area contributed by atoms with Crippen LogP contribution in [-0.4, -0.2) is 19.9 Å². The highest BCUT2D eigenvalue weighted by Gasteiger charge is 2.13. The highest BCUT2D eigenvalue weighted by atomic mass is 32.2. The summed E-state index contributed by atoms with van der Waals surface area (Å²) < 4.78 is 23.3. The summed E-state index contributed by atoms with van der Waals surface area (Å²) >= 11 is 0. The Morgan fingerprint density at radius 2 is 1.20 bits per heavy atom. The zero-order valence-electron chi connectivity index (χ0n) is 10.6. The highest BCUT2D eigenvalue weighted by molar-refractivity contribution is 7.91. The Balaban J connectivity index is 3.87. The van der Waals surface area contributed by atoms with Crippen molar-refractivity contribution >= 4 is 9.84 Å². The minimum atomic E-state index is -2.79. The third-order valence-corrected chi connectivity index (χ3v) is 4.95. The van der Waals surface area contributed by atoms with Gasteiger partial charge in [-0.1, -0.05) is 40.5 Å². The van der Waals surface area contributed by atoms with Gasteiger partial charge in [0.1, 0.15) is 9.84 Å². The lowest BCUT2D eigenvalue weighted by atomic mass is 10.1. The maximum Gasteiger partial charge on any atom is 0.150 e. The number of rotatable bonds is 8. The molecule has 0 radical (unpaired) electrons. The molecule has 2 unspecified atom stereocenters. The summed E-state index contributed by atoms with van der Waals surface area (Å²) in [6.45, 7) is 8.45. The Morgan fingerprint density at radius 1 is 0.867 bits per heavy atom. The van der Waals surface area contributed by atoms with Crippen LogP contribution in [0.5, 0.6) is 0 Å². The van der Waals surface area contributed by atoms with Crippen LogP contribution in [0.4, 0.5) is 0 Å². The van der Waals surface area contributed by atoms with Crippen molar-refractivity contribution in [2.75, 3.05) is 11.5 Å². The van der Waals surface area contributed by atoms with Crippen LogP contribution in [0.25, 0.3) is 0 Å². The van der Waals surface area contributed by atoms with Crippen molar-refractivity contribution in [3.63, 3.8) is 0 Å². The lowest BCUT2D eigenvalue weighted by Crippen LogP contribution is -2.15. The zero-order chi connectivity index (χ0) is 11.9. The normalized spacial score (nSPS) is 16.3. The fraction of sp³-hybridized carbons (Fsp3) is 1.00. The summed E-state index contributed by atoms with van der Waals surface area (Å²) in [5.74, 6) is 1.81. The van der Waals surface area contributed by atoms with Crippen LogP contribution < -0.4 is 0 Å². The van der Waals surface area contributed by atoms with Gasteiger partial charge < -0.3 is 0 Å². The topological polar surface area (TPSA) is 34.1 Å². The molecule has 0 fully saturated rings. The minimum absolute atomic E-state index is 0.373. The summed E-state index contributed by atoms with van der Waals surface area (Å²) in [6.07, 6.45) is 3.78. The average molecular weight is 234 g/mol. The number of hydrogen-bond donors (Lipinski definition) is 0. The molecule has 0 aromatic carbocycles. The van der Waals surface area contributed by atoms with E-state index in [9.17, 15) is 8.42 Å². The summed E-state index contributed by atoms with van der Waals surface area (Å²) in [7, 11) is -2.79. The van der Waals surface area contributed by atoms with Crippen molar-refractivity contribution < 1.29 is 8.42 Å². The third-order valence-electron chi connectivity index (χ3n) is 3.24. The second kappa shape index (κ2) is 7.26. The summed E-state index contributed by atoms with van der Waals surface area (Å²) in [6, 6.07) is 0. The van der Waals surface area contributed by atoms with Gasteiger partial charge in [-0.3, -0.25) is 0 Å². The van der Waals surface area contributed by atoms with Gasteiger partial charge in [-0.25, -0.2) is 8.42 Å². The molecule has 0 amide bonds. The van der Waals surface area contributed by atoms with E-state index in [1.54, 1.807) is 0 Å². The maximum atomic E-state index is 11.7. The van der Waals surface area contributed by atoms with Crippen molar-refractivity contribution in [2.45, 2.75) is 53.4 Å². The van der Waals surface area contributed by atoms with Gasteiger partial charge in [-0.05, 0) is 24.7 Å². The van der Waals surface area contributed by atoms with Crippen LogP contribution in [0.3, 0.4) is 0 Å². The van der Waals surface area contributed by atoms with Crippen LogP contribution in [0.1, 0.15) is 53.4 Å². The first-order valence-electron chi connectivity index (χ1n) is 6.11. The Bertz CT molecular complexity index is 224. The zero-order valence-corrected chi connectivity index (χ0v) is 11.4. The molecule has 2 nitrogen and oxygen atoms in total. The van der Waals surface area contributed by atoms with Gasteiger partial charge in [-0.2, -0.15) is 0 Å². The molecule has 0 aliphatic carbocycles. The Hall–Kier alpha value is -0.0500. The molecule has 0 aliphatic heterocycles. The van der Waals surface area contributed by atoms with Crippen LogP contribution in [0.2, 0.25) is 0 Å². The Kier molecular flexibility index (Phi) is 7.24. The van der Waals surface area contributed by atoms with Gasteiger partial charge >= 0.3 is 0 Å². The van der Waals surface area contributed by atoms with E-state index in [2.05, 4.69) is 27.7 Å². The molecule has 0 saturated heterocycles. The molecule has 0 bridgehead atoms. The van der Waals surface area contributed by atoms with E-state index in [1.165, 1.54) is 0 Å². The molecular formula is C12H26O2S. The highest BCUT2D eigenvalue weighted by Crippen LogP contribution is 2.12.